The molecule has 1 aromatic rings. The van der Waals surface area contributed by atoms with Gasteiger partial charge in [-0.3, -0.25) is 4.98 Å². The highest BCUT2D eigenvalue weighted by Crippen LogP contribution is 2.18. The van der Waals surface area contributed by atoms with Gasteiger partial charge in [0.25, 0.3) is 0 Å². The van der Waals surface area contributed by atoms with Gasteiger partial charge in [0.1, 0.15) is 10.3 Å². The van der Waals surface area contributed by atoms with E-state index in [0.29, 0.717) is 10.3 Å². The van der Waals surface area contributed by atoms with E-state index in [9.17, 15) is 0 Å². The molecule has 0 N–H and O–H groups in total. The minimum absolute atomic E-state index is 0.401. The molecule has 0 spiro atoms. The molecule has 0 fully saturated rings. The molecule has 0 aliphatic rings. The molecule has 86 valence electrons. The van der Waals surface area contributed by atoms with Crippen LogP contribution in [0.5, 0.6) is 0 Å². The summed E-state index contributed by atoms with van der Waals surface area (Å²) in [5.41, 5.74) is 2.86. The number of rotatable bonds is 3. The van der Waals surface area contributed by atoms with Crippen LogP contribution in [-0.4, -0.2) is 10.2 Å². The lowest BCUT2D eigenvalue weighted by Gasteiger charge is -2.03. The molecule has 1 aromatic heterocycles. The number of nitrogens with zero attached hydrogens (tertiary/aromatic N) is 2. The summed E-state index contributed by atoms with van der Waals surface area (Å²) < 4.78 is 0. The Morgan fingerprint density at radius 3 is 2.69 bits per heavy atom. The molecule has 0 amide bonds. The first-order chi connectivity index (χ1) is 7.56. The van der Waals surface area contributed by atoms with E-state index in [2.05, 4.69) is 9.98 Å². The van der Waals surface area contributed by atoms with E-state index in [1.165, 1.54) is 0 Å². The van der Waals surface area contributed by atoms with Gasteiger partial charge in [0.05, 0.1) is 0 Å². The maximum atomic E-state index is 6.11. The molecule has 4 heteroatoms. The number of halogens is 2. The molecule has 0 aromatic carbocycles. The van der Waals surface area contributed by atoms with Crippen molar-refractivity contribution in [3.8, 4) is 0 Å². The van der Waals surface area contributed by atoms with E-state index in [4.69, 9.17) is 23.2 Å². The van der Waals surface area contributed by atoms with Crippen LogP contribution in [0.4, 0.5) is 0 Å². The van der Waals surface area contributed by atoms with Gasteiger partial charge in [-0.05, 0) is 37.5 Å². The van der Waals surface area contributed by atoms with Gasteiger partial charge in [0.2, 0.25) is 0 Å². The Kier molecular flexibility index (Phi) is 4.97. The van der Waals surface area contributed by atoms with E-state index in [1.807, 2.05) is 26.8 Å². The maximum Gasteiger partial charge on any atom is 0.138 e. The van der Waals surface area contributed by atoms with Crippen molar-refractivity contribution in [3.63, 3.8) is 0 Å². The van der Waals surface area contributed by atoms with Gasteiger partial charge in [-0.2, -0.15) is 0 Å². The average molecular weight is 257 g/mol. The Balaban J connectivity index is 3.08. The SMILES string of the molecule is CC/C(C)=C(Cl)/N=C(/Cl)c1ccncc1C. The molecular weight excluding hydrogens is 243 g/mol. The van der Waals surface area contributed by atoms with Gasteiger partial charge < -0.3 is 0 Å². The summed E-state index contributed by atoms with van der Waals surface area (Å²) in [4.78, 5) is 8.18. The van der Waals surface area contributed by atoms with Gasteiger partial charge in [-0.25, -0.2) is 4.99 Å². The van der Waals surface area contributed by atoms with Crippen LogP contribution in [0.2, 0.25) is 0 Å². The molecule has 16 heavy (non-hydrogen) atoms. The summed E-state index contributed by atoms with van der Waals surface area (Å²) in [6.07, 6.45) is 4.30. The van der Waals surface area contributed by atoms with Crippen molar-refractivity contribution in [2.45, 2.75) is 27.2 Å². The Morgan fingerprint density at radius 2 is 2.12 bits per heavy atom. The normalized spacial score (nSPS) is 13.7. The molecule has 0 saturated carbocycles. The van der Waals surface area contributed by atoms with Crippen LogP contribution in [0.15, 0.2) is 34.2 Å². The monoisotopic (exact) mass is 256 g/mol. The Hall–Kier alpha value is -0.860. The third kappa shape index (κ3) is 3.32. The highest BCUT2D eigenvalue weighted by molar-refractivity contribution is 6.70. The summed E-state index contributed by atoms with van der Waals surface area (Å²) in [5, 5.41) is 0.862. The number of pyridine rings is 1. The summed E-state index contributed by atoms with van der Waals surface area (Å²) in [5.74, 6) is 0. The Labute approximate surface area is 106 Å². The van der Waals surface area contributed by atoms with Crippen LogP contribution in [0.1, 0.15) is 31.4 Å². The number of aliphatic imine (C=N–C) groups is 1. The first-order valence-corrected chi connectivity index (χ1v) is 5.82. The zero-order valence-electron chi connectivity index (χ0n) is 9.59. The van der Waals surface area contributed by atoms with Crippen LogP contribution < -0.4 is 0 Å². The summed E-state index contributed by atoms with van der Waals surface area (Å²) in [7, 11) is 0. The van der Waals surface area contributed by atoms with E-state index in [1.54, 1.807) is 12.4 Å². The minimum atomic E-state index is 0.401. The number of aromatic nitrogens is 1. The average Bonchev–Trinajstić information content (AvgIpc) is 2.28. The summed E-state index contributed by atoms with van der Waals surface area (Å²) in [6.45, 7) is 5.90. The van der Waals surface area contributed by atoms with Gasteiger partial charge in [-0.1, -0.05) is 30.1 Å². The molecule has 0 saturated heterocycles. The fraction of sp³-hybridized carbons (Fsp3) is 0.333. The first-order valence-electron chi connectivity index (χ1n) is 5.06. The lowest BCUT2D eigenvalue weighted by molar-refractivity contribution is 1.08. The van der Waals surface area contributed by atoms with Crippen LogP contribution >= 0.6 is 23.2 Å². The van der Waals surface area contributed by atoms with Crippen molar-refractivity contribution >= 4 is 28.4 Å². The molecule has 0 aliphatic heterocycles. The highest BCUT2D eigenvalue weighted by atomic mass is 35.5. The smallest absolute Gasteiger partial charge is 0.138 e. The minimum Gasteiger partial charge on any atom is -0.264 e. The van der Waals surface area contributed by atoms with E-state index < -0.39 is 0 Å². The topological polar surface area (TPSA) is 25.2 Å². The third-order valence-electron chi connectivity index (χ3n) is 2.32. The fourth-order valence-corrected chi connectivity index (χ4v) is 1.65. The molecule has 1 heterocycles. The Morgan fingerprint density at radius 1 is 1.44 bits per heavy atom. The molecule has 0 aliphatic carbocycles. The van der Waals surface area contributed by atoms with E-state index in [-0.39, 0.29) is 0 Å². The number of aryl methyl sites for hydroxylation is 1. The van der Waals surface area contributed by atoms with Gasteiger partial charge >= 0.3 is 0 Å². The predicted molar refractivity (Wildman–Crippen MR) is 70.2 cm³/mol. The number of hydrogen-bond acceptors (Lipinski definition) is 2. The fourth-order valence-electron chi connectivity index (χ4n) is 1.09. The molecule has 2 nitrogen and oxygen atoms in total. The van der Waals surface area contributed by atoms with Crippen LogP contribution in [0.25, 0.3) is 0 Å². The number of allylic oxidation sites excluding steroid dienone is 1. The number of hydrogen-bond donors (Lipinski definition) is 0. The third-order valence-corrected chi connectivity index (χ3v) is 3.02. The standard InChI is InChI=1S/C12H14Cl2N2/c1-4-8(2)11(13)16-12(14)10-5-6-15-7-9(10)3/h5-7H,4H2,1-3H3/b11-8+,16-12+. The molecule has 0 unspecified atom stereocenters. The second-order valence-electron chi connectivity index (χ2n) is 3.52. The lowest BCUT2D eigenvalue weighted by atomic mass is 10.2. The van der Waals surface area contributed by atoms with Crippen LogP contribution in [0.3, 0.4) is 0 Å². The van der Waals surface area contributed by atoms with Crippen molar-refractivity contribution in [1.82, 2.24) is 4.98 Å². The second kappa shape index (κ2) is 6.02. The first kappa shape index (κ1) is 13.2. The summed E-state index contributed by atoms with van der Waals surface area (Å²) >= 11 is 12.1. The molecular formula is C12H14Cl2N2. The van der Waals surface area contributed by atoms with Gasteiger partial charge in [0.15, 0.2) is 0 Å². The quantitative estimate of drug-likeness (QED) is 0.586. The highest BCUT2D eigenvalue weighted by Gasteiger charge is 2.05. The van der Waals surface area contributed by atoms with E-state index in [0.717, 1.165) is 23.1 Å². The maximum absolute atomic E-state index is 6.11. The van der Waals surface area contributed by atoms with Crippen LogP contribution in [0, 0.1) is 6.92 Å². The van der Waals surface area contributed by atoms with Crippen molar-refractivity contribution in [2.75, 3.05) is 0 Å². The van der Waals surface area contributed by atoms with Crippen molar-refractivity contribution in [2.24, 2.45) is 4.99 Å². The van der Waals surface area contributed by atoms with Crippen molar-refractivity contribution < 1.29 is 0 Å². The predicted octanol–water partition coefficient (Wildman–Crippen LogP) is 4.26. The zero-order valence-corrected chi connectivity index (χ0v) is 11.1. The largest absolute Gasteiger partial charge is 0.264 e. The molecule has 0 bridgehead atoms. The molecule has 0 radical (unpaired) electrons. The van der Waals surface area contributed by atoms with E-state index >= 15 is 0 Å². The second-order valence-corrected chi connectivity index (χ2v) is 4.23. The Bertz CT molecular complexity index is 436. The molecule has 1 rings (SSSR count). The summed E-state index contributed by atoms with van der Waals surface area (Å²) in [6, 6.07) is 1.83. The van der Waals surface area contributed by atoms with Gasteiger partial charge in [0, 0.05) is 18.0 Å². The van der Waals surface area contributed by atoms with Gasteiger partial charge in [-0.15, -0.1) is 0 Å². The van der Waals surface area contributed by atoms with Crippen molar-refractivity contribution in [1.29, 1.82) is 0 Å². The van der Waals surface area contributed by atoms with Crippen molar-refractivity contribution in [3.05, 3.63) is 40.3 Å². The zero-order chi connectivity index (χ0) is 12.1. The van der Waals surface area contributed by atoms with Crippen LogP contribution in [-0.2, 0) is 0 Å². The molecule has 0 atom stereocenters. The lowest BCUT2D eigenvalue weighted by Crippen LogP contribution is -1.96.